The largest absolute Gasteiger partial charge is 0.496 e. The highest BCUT2D eigenvalue weighted by molar-refractivity contribution is 5.30. The van der Waals surface area contributed by atoms with Crippen LogP contribution < -0.4 is 9.47 Å². The van der Waals surface area contributed by atoms with E-state index in [1.807, 2.05) is 24.5 Å². The van der Waals surface area contributed by atoms with Crippen LogP contribution in [0.25, 0.3) is 0 Å². The quantitative estimate of drug-likeness (QED) is 0.801. The molecule has 3 fully saturated rings. The molecule has 5 heterocycles. The van der Waals surface area contributed by atoms with E-state index in [0.29, 0.717) is 18.0 Å². The van der Waals surface area contributed by atoms with E-state index in [0.717, 1.165) is 37.5 Å². The molecule has 2 bridgehead atoms. The van der Waals surface area contributed by atoms with Gasteiger partial charge in [-0.1, -0.05) is 0 Å². The number of methoxy groups -OCH3 is 2. The number of ether oxygens (including phenoxy) is 2. The van der Waals surface area contributed by atoms with E-state index in [1.54, 1.807) is 20.4 Å². The summed E-state index contributed by atoms with van der Waals surface area (Å²) in [5.41, 5.74) is 2.43. The lowest BCUT2D eigenvalue weighted by atomic mass is 9.86. The average Bonchev–Trinajstić information content (AvgIpc) is 2.67. The molecule has 25 heavy (non-hydrogen) atoms. The molecule has 2 aromatic heterocycles. The number of piperidine rings is 1. The van der Waals surface area contributed by atoms with Crippen molar-refractivity contribution < 1.29 is 9.47 Å². The summed E-state index contributed by atoms with van der Waals surface area (Å²) >= 11 is 0. The Kier molecular flexibility index (Phi) is 4.55. The molecular weight excluding hydrogens is 316 g/mol. The maximum absolute atomic E-state index is 5.45. The lowest BCUT2D eigenvalue weighted by molar-refractivity contribution is -0.0776. The molecule has 0 aromatic carbocycles. The zero-order chi connectivity index (χ0) is 17.2. The van der Waals surface area contributed by atoms with Gasteiger partial charge in [-0.2, -0.15) is 0 Å². The number of nitrogens with zero attached hydrogens (tertiary/aromatic N) is 4. The van der Waals surface area contributed by atoms with Crippen LogP contribution in [0, 0.1) is 0 Å². The van der Waals surface area contributed by atoms with Gasteiger partial charge in [0.15, 0.2) is 0 Å². The number of aromatic nitrogens is 2. The molecule has 0 aliphatic carbocycles. The van der Waals surface area contributed by atoms with Gasteiger partial charge in [0.05, 0.1) is 14.2 Å². The molecule has 0 radical (unpaired) electrons. The standard InChI is InChI=1S/C19H24N4O2/c1-24-18-4-5-20-9-15(18)11-22-12-16-8-17(13-22)23(16)10-14-3-6-21-19(7-14)25-2/h3-7,9,16-17H,8,10-13H2,1-2H3. The van der Waals surface area contributed by atoms with Crippen molar-refractivity contribution in [1.82, 2.24) is 19.8 Å². The second-order valence-electron chi connectivity index (χ2n) is 6.80. The Morgan fingerprint density at radius 3 is 2.68 bits per heavy atom. The van der Waals surface area contributed by atoms with Crippen LogP contribution in [0.3, 0.4) is 0 Å². The smallest absolute Gasteiger partial charge is 0.213 e. The highest BCUT2D eigenvalue weighted by atomic mass is 16.5. The first kappa shape index (κ1) is 16.3. The van der Waals surface area contributed by atoms with Gasteiger partial charge in [0.25, 0.3) is 0 Å². The lowest BCUT2D eigenvalue weighted by Crippen LogP contribution is -2.67. The zero-order valence-electron chi connectivity index (χ0n) is 14.8. The number of hydrogen-bond donors (Lipinski definition) is 0. The molecule has 3 saturated heterocycles. The second kappa shape index (κ2) is 6.98. The topological polar surface area (TPSA) is 50.7 Å². The van der Waals surface area contributed by atoms with Crippen LogP contribution in [0.4, 0.5) is 0 Å². The van der Waals surface area contributed by atoms with Crippen molar-refractivity contribution in [3.63, 3.8) is 0 Å². The number of rotatable bonds is 6. The van der Waals surface area contributed by atoms with Crippen molar-refractivity contribution in [2.45, 2.75) is 31.6 Å². The Balaban J connectivity index is 1.37. The van der Waals surface area contributed by atoms with Crippen LogP contribution in [0.5, 0.6) is 11.6 Å². The van der Waals surface area contributed by atoms with Crippen LogP contribution in [-0.2, 0) is 13.1 Å². The van der Waals surface area contributed by atoms with E-state index < -0.39 is 0 Å². The summed E-state index contributed by atoms with van der Waals surface area (Å²) < 4.78 is 10.7. The molecule has 132 valence electrons. The van der Waals surface area contributed by atoms with Gasteiger partial charge < -0.3 is 9.47 Å². The first-order chi connectivity index (χ1) is 12.3. The molecule has 5 rings (SSSR count). The van der Waals surface area contributed by atoms with E-state index in [9.17, 15) is 0 Å². The van der Waals surface area contributed by atoms with E-state index in [-0.39, 0.29) is 0 Å². The fraction of sp³-hybridized carbons (Fsp3) is 0.474. The third-order valence-electron chi connectivity index (χ3n) is 5.27. The first-order valence-electron chi connectivity index (χ1n) is 8.70. The lowest BCUT2D eigenvalue weighted by Gasteiger charge is -2.56. The molecule has 3 aliphatic heterocycles. The number of fused-ring (bicyclic) bond motifs is 2. The average molecular weight is 340 g/mol. The first-order valence-corrected chi connectivity index (χ1v) is 8.70. The van der Waals surface area contributed by atoms with Gasteiger partial charge in [0, 0.05) is 68.5 Å². The van der Waals surface area contributed by atoms with Crippen LogP contribution >= 0.6 is 0 Å². The maximum atomic E-state index is 5.45. The molecule has 0 saturated carbocycles. The normalized spacial score (nSPS) is 23.1. The molecule has 0 amide bonds. The molecular formula is C19H24N4O2. The van der Waals surface area contributed by atoms with Gasteiger partial charge >= 0.3 is 0 Å². The predicted molar refractivity (Wildman–Crippen MR) is 94.6 cm³/mol. The van der Waals surface area contributed by atoms with Crippen molar-refractivity contribution in [3.8, 4) is 11.6 Å². The Morgan fingerprint density at radius 2 is 1.92 bits per heavy atom. The van der Waals surface area contributed by atoms with Gasteiger partial charge in [-0.25, -0.2) is 4.98 Å². The third-order valence-corrected chi connectivity index (χ3v) is 5.27. The minimum atomic E-state index is 0.626. The molecule has 2 atom stereocenters. The fourth-order valence-electron chi connectivity index (χ4n) is 4.01. The minimum Gasteiger partial charge on any atom is -0.496 e. The van der Waals surface area contributed by atoms with Crippen LogP contribution in [0.15, 0.2) is 36.8 Å². The van der Waals surface area contributed by atoms with E-state index in [1.165, 1.54) is 12.0 Å². The SMILES string of the molecule is COc1cc(CN2C3CC2CN(Cc2cnccc2OC)C3)ccn1. The molecule has 6 nitrogen and oxygen atoms in total. The summed E-state index contributed by atoms with van der Waals surface area (Å²) in [6, 6.07) is 7.30. The Hall–Kier alpha value is -2.18. The highest BCUT2D eigenvalue weighted by Gasteiger charge is 2.44. The van der Waals surface area contributed by atoms with Crippen LogP contribution in [0.1, 0.15) is 17.5 Å². The molecule has 2 aromatic rings. The number of piperazine rings is 1. The Bertz CT molecular complexity index is 727. The fourth-order valence-corrected chi connectivity index (χ4v) is 4.01. The van der Waals surface area contributed by atoms with E-state index >= 15 is 0 Å². The number of hydrogen-bond acceptors (Lipinski definition) is 6. The molecule has 2 unspecified atom stereocenters. The van der Waals surface area contributed by atoms with Gasteiger partial charge in [-0.15, -0.1) is 0 Å². The van der Waals surface area contributed by atoms with Crippen molar-refractivity contribution in [2.24, 2.45) is 0 Å². The van der Waals surface area contributed by atoms with Crippen molar-refractivity contribution in [1.29, 1.82) is 0 Å². The van der Waals surface area contributed by atoms with Crippen LogP contribution in [-0.4, -0.2) is 59.2 Å². The summed E-state index contributed by atoms with van der Waals surface area (Å²) in [6.07, 6.45) is 6.81. The molecule has 3 aliphatic rings. The summed E-state index contributed by atoms with van der Waals surface area (Å²) in [4.78, 5) is 13.5. The van der Waals surface area contributed by atoms with E-state index in [2.05, 4.69) is 25.8 Å². The highest BCUT2D eigenvalue weighted by Crippen LogP contribution is 2.35. The van der Waals surface area contributed by atoms with Gasteiger partial charge in [0.1, 0.15) is 5.75 Å². The zero-order valence-corrected chi connectivity index (χ0v) is 14.8. The van der Waals surface area contributed by atoms with Crippen molar-refractivity contribution >= 4 is 0 Å². The third kappa shape index (κ3) is 3.32. The molecule has 0 N–H and O–H groups in total. The second-order valence-corrected chi connectivity index (χ2v) is 6.80. The van der Waals surface area contributed by atoms with Crippen molar-refractivity contribution in [2.75, 3.05) is 27.3 Å². The minimum absolute atomic E-state index is 0.626. The maximum Gasteiger partial charge on any atom is 0.213 e. The van der Waals surface area contributed by atoms with Crippen molar-refractivity contribution in [3.05, 3.63) is 47.9 Å². The van der Waals surface area contributed by atoms with E-state index in [4.69, 9.17) is 9.47 Å². The summed E-state index contributed by atoms with van der Waals surface area (Å²) in [6.45, 7) is 4.06. The van der Waals surface area contributed by atoms with Gasteiger partial charge in [0.2, 0.25) is 5.88 Å². The predicted octanol–water partition coefficient (Wildman–Crippen LogP) is 1.95. The summed E-state index contributed by atoms with van der Waals surface area (Å²) in [5, 5.41) is 0. The summed E-state index contributed by atoms with van der Waals surface area (Å²) in [5.74, 6) is 1.61. The Morgan fingerprint density at radius 1 is 1.08 bits per heavy atom. The monoisotopic (exact) mass is 340 g/mol. The Labute approximate surface area is 148 Å². The van der Waals surface area contributed by atoms with Crippen LogP contribution in [0.2, 0.25) is 0 Å². The van der Waals surface area contributed by atoms with Gasteiger partial charge in [-0.3, -0.25) is 14.8 Å². The molecule has 0 spiro atoms. The summed E-state index contributed by atoms with van der Waals surface area (Å²) in [7, 11) is 3.38. The van der Waals surface area contributed by atoms with Gasteiger partial charge in [-0.05, 0) is 24.1 Å². The number of pyridine rings is 2. The molecule has 6 heteroatoms.